The van der Waals surface area contributed by atoms with E-state index in [0.29, 0.717) is 5.69 Å². The number of aromatic nitrogens is 1. The second kappa shape index (κ2) is 4.98. The van der Waals surface area contributed by atoms with Crippen LogP contribution in [-0.4, -0.2) is 22.7 Å². The van der Waals surface area contributed by atoms with Gasteiger partial charge in [0.1, 0.15) is 5.82 Å². The van der Waals surface area contributed by atoms with E-state index in [2.05, 4.69) is 10.3 Å². The molecule has 1 rings (SSSR count). The van der Waals surface area contributed by atoms with Crippen LogP contribution < -0.4 is 11.1 Å². The maximum atomic E-state index is 9.02. The van der Waals surface area contributed by atoms with E-state index in [4.69, 9.17) is 10.8 Å². The summed E-state index contributed by atoms with van der Waals surface area (Å²) in [5.74, 6) is 1.03. The number of hydrogen-bond acceptors (Lipinski definition) is 4. The van der Waals surface area contributed by atoms with Crippen LogP contribution in [0.25, 0.3) is 0 Å². The molecule has 15 heavy (non-hydrogen) atoms. The minimum atomic E-state index is 0.169. The van der Waals surface area contributed by atoms with Gasteiger partial charge >= 0.3 is 0 Å². The molecule has 0 amide bonds. The van der Waals surface area contributed by atoms with Crippen molar-refractivity contribution >= 4 is 11.5 Å². The van der Waals surface area contributed by atoms with E-state index in [0.717, 1.165) is 11.4 Å². The van der Waals surface area contributed by atoms with Crippen molar-refractivity contribution in [3.05, 3.63) is 17.8 Å². The van der Waals surface area contributed by atoms with E-state index in [1.807, 2.05) is 26.8 Å². The molecule has 0 saturated carbocycles. The number of aryl methyl sites for hydroxylation is 1. The Morgan fingerprint density at radius 2 is 2.20 bits per heavy atom. The number of nitrogen functional groups attached to an aromatic ring is 1. The van der Waals surface area contributed by atoms with Crippen LogP contribution in [0.5, 0.6) is 0 Å². The number of nitrogens with one attached hydrogen (secondary N) is 1. The van der Waals surface area contributed by atoms with Gasteiger partial charge in [0, 0.05) is 12.6 Å². The van der Waals surface area contributed by atoms with Crippen molar-refractivity contribution in [3.8, 4) is 0 Å². The van der Waals surface area contributed by atoms with Gasteiger partial charge in [0.15, 0.2) is 0 Å². The van der Waals surface area contributed by atoms with E-state index in [1.165, 1.54) is 0 Å². The van der Waals surface area contributed by atoms with E-state index < -0.39 is 0 Å². The molecule has 0 radical (unpaired) electrons. The Bertz CT molecular complexity index is 328. The summed E-state index contributed by atoms with van der Waals surface area (Å²) in [6.45, 7) is 6.15. The zero-order valence-electron chi connectivity index (χ0n) is 9.49. The van der Waals surface area contributed by atoms with Crippen LogP contribution in [0.15, 0.2) is 12.3 Å². The molecule has 4 nitrogen and oxygen atoms in total. The number of nitrogens with zero attached hydrogens (tertiary/aromatic N) is 1. The number of aliphatic hydroxyl groups excluding tert-OH is 1. The molecule has 0 aliphatic rings. The fourth-order valence-electron chi connectivity index (χ4n) is 1.26. The summed E-state index contributed by atoms with van der Waals surface area (Å²) in [5, 5.41) is 12.3. The van der Waals surface area contributed by atoms with Crippen LogP contribution in [0, 0.1) is 12.8 Å². The first kappa shape index (κ1) is 11.8. The standard InChI is InChI=1S/C11H19N3O/c1-7-4-10(12)5-13-11(7)14-9(3)8(2)6-15/h4-5,8-9,15H,6,12H2,1-3H3,(H,13,14). The van der Waals surface area contributed by atoms with E-state index >= 15 is 0 Å². The fourth-order valence-corrected chi connectivity index (χ4v) is 1.26. The van der Waals surface area contributed by atoms with Gasteiger partial charge in [0.05, 0.1) is 11.9 Å². The van der Waals surface area contributed by atoms with Crippen molar-refractivity contribution in [2.24, 2.45) is 5.92 Å². The molecule has 0 spiro atoms. The predicted molar refractivity (Wildman–Crippen MR) is 62.7 cm³/mol. The van der Waals surface area contributed by atoms with Crippen LogP contribution in [0.1, 0.15) is 19.4 Å². The average Bonchev–Trinajstić information content (AvgIpc) is 2.20. The van der Waals surface area contributed by atoms with Gasteiger partial charge in [-0.2, -0.15) is 0 Å². The van der Waals surface area contributed by atoms with E-state index in [-0.39, 0.29) is 18.6 Å². The van der Waals surface area contributed by atoms with Crippen molar-refractivity contribution in [1.29, 1.82) is 0 Å². The van der Waals surface area contributed by atoms with Crippen LogP contribution in [0.2, 0.25) is 0 Å². The van der Waals surface area contributed by atoms with Gasteiger partial charge in [-0.1, -0.05) is 6.92 Å². The summed E-state index contributed by atoms with van der Waals surface area (Å²) < 4.78 is 0. The quantitative estimate of drug-likeness (QED) is 0.701. The first-order chi connectivity index (χ1) is 7.04. The van der Waals surface area contributed by atoms with Crippen LogP contribution in [-0.2, 0) is 0 Å². The minimum absolute atomic E-state index is 0.169. The molecule has 0 aliphatic carbocycles. The lowest BCUT2D eigenvalue weighted by atomic mass is 10.1. The topological polar surface area (TPSA) is 71.2 Å². The number of aliphatic hydroxyl groups is 1. The molecule has 1 heterocycles. The highest BCUT2D eigenvalue weighted by Gasteiger charge is 2.12. The number of nitrogens with two attached hydrogens (primary N) is 1. The summed E-state index contributed by atoms with van der Waals surface area (Å²) in [6.07, 6.45) is 1.63. The zero-order chi connectivity index (χ0) is 11.4. The molecule has 4 heteroatoms. The Hall–Kier alpha value is -1.29. The fraction of sp³-hybridized carbons (Fsp3) is 0.545. The predicted octanol–water partition coefficient (Wildman–Crippen LogP) is 1.40. The third-order valence-corrected chi connectivity index (χ3v) is 2.61. The Balaban J connectivity index is 2.72. The van der Waals surface area contributed by atoms with Gasteiger partial charge in [0.25, 0.3) is 0 Å². The zero-order valence-corrected chi connectivity index (χ0v) is 9.49. The van der Waals surface area contributed by atoms with Gasteiger partial charge in [0.2, 0.25) is 0 Å². The van der Waals surface area contributed by atoms with Gasteiger partial charge < -0.3 is 16.2 Å². The first-order valence-corrected chi connectivity index (χ1v) is 5.14. The van der Waals surface area contributed by atoms with Crippen molar-refractivity contribution in [2.75, 3.05) is 17.7 Å². The largest absolute Gasteiger partial charge is 0.397 e. The smallest absolute Gasteiger partial charge is 0.129 e. The molecule has 84 valence electrons. The van der Waals surface area contributed by atoms with Crippen LogP contribution >= 0.6 is 0 Å². The first-order valence-electron chi connectivity index (χ1n) is 5.14. The molecule has 0 saturated heterocycles. The maximum Gasteiger partial charge on any atom is 0.129 e. The molecule has 4 N–H and O–H groups in total. The van der Waals surface area contributed by atoms with E-state index in [9.17, 15) is 0 Å². The normalized spacial score (nSPS) is 14.7. The lowest BCUT2D eigenvalue weighted by Gasteiger charge is -2.20. The second-order valence-electron chi connectivity index (χ2n) is 4.03. The molecular weight excluding hydrogens is 190 g/mol. The third kappa shape index (κ3) is 3.09. The van der Waals surface area contributed by atoms with Gasteiger partial charge in [-0.25, -0.2) is 4.98 Å². The van der Waals surface area contributed by atoms with Crippen LogP contribution in [0.3, 0.4) is 0 Å². The highest BCUT2D eigenvalue weighted by molar-refractivity contribution is 5.51. The number of anilines is 2. The van der Waals surface area contributed by atoms with Gasteiger partial charge in [-0.3, -0.25) is 0 Å². The molecule has 0 fully saturated rings. The number of pyridine rings is 1. The maximum absolute atomic E-state index is 9.02. The van der Waals surface area contributed by atoms with Crippen molar-refractivity contribution < 1.29 is 5.11 Å². The molecule has 0 aliphatic heterocycles. The molecule has 0 bridgehead atoms. The lowest BCUT2D eigenvalue weighted by molar-refractivity contribution is 0.226. The highest BCUT2D eigenvalue weighted by atomic mass is 16.3. The molecule has 1 aromatic heterocycles. The van der Waals surface area contributed by atoms with Crippen molar-refractivity contribution in [2.45, 2.75) is 26.8 Å². The number of rotatable bonds is 4. The number of hydrogen-bond donors (Lipinski definition) is 3. The Morgan fingerprint density at radius 3 is 2.73 bits per heavy atom. The third-order valence-electron chi connectivity index (χ3n) is 2.61. The molecule has 0 aromatic carbocycles. The summed E-state index contributed by atoms with van der Waals surface area (Å²) in [5.41, 5.74) is 7.30. The van der Waals surface area contributed by atoms with Crippen LogP contribution in [0.4, 0.5) is 11.5 Å². The van der Waals surface area contributed by atoms with Crippen molar-refractivity contribution in [3.63, 3.8) is 0 Å². The van der Waals surface area contributed by atoms with Gasteiger partial charge in [-0.05, 0) is 31.4 Å². The highest BCUT2D eigenvalue weighted by Crippen LogP contribution is 2.16. The summed E-state index contributed by atoms with van der Waals surface area (Å²) in [6, 6.07) is 2.07. The van der Waals surface area contributed by atoms with Gasteiger partial charge in [-0.15, -0.1) is 0 Å². The molecule has 2 atom stereocenters. The summed E-state index contributed by atoms with van der Waals surface area (Å²) >= 11 is 0. The van der Waals surface area contributed by atoms with E-state index in [1.54, 1.807) is 6.20 Å². The Morgan fingerprint density at radius 1 is 1.53 bits per heavy atom. The summed E-state index contributed by atoms with van der Waals surface area (Å²) in [7, 11) is 0. The molecular formula is C11H19N3O. The lowest BCUT2D eigenvalue weighted by Crippen LogP contribution is -2.27. The molecule has 2 unspecified atom stereocenters. The molecule has 1 aromatic rings. The Labute approximate surface area is 90.5 Å². The summed E-state index contributed by atoms with van der Waals surface area (Å²) in [4.78, 5) is 4.22. The minimum Gasteiger partial charge on any atom is -0.397 e. The SMILES string of the molecule is Cc1cc(N)cnc1NC(C)C(C)CO. The average molecular weight is 209 g/mol. The monoisotopic (exact) mass is 209 g/mol. The Kier molecular flexibility index (Phi) is 3.91. The second-order valence-corrected chi connectivity index (χ2v) is 4.03. The van der Waals surface area contributed by atoms with Crippen molar-refractivity contribution in [1.82, 2.24) is 4.98 Å².